The minimum Gasteiger partial charge on any atom is -0.438 e. The fourth-order valence-corrected chi connectivity index (χ4v) is 3.75. The molecule has 2 aromatic carbocycles. The highest BCUT2D eigenvalue weighted by Gasteiger charge is 2.11. The largest absolute Gasteiger partial charge is 0.438 e. The first-order valence-corrected chi connectivity index (χ1v) is 10.6. The van der Waals surface area contributed by atoms with E-state index < -0.39 is 0 Å². The Hall–Kier alpha value is -3.89. The highest BCUT2D eigenvalue weighted by molar-refractivity contribution is 5.60. The van der Waals surface area contributed by atoms with E-state index in [1.165, 1.54) is 11.8 Å². The van der Waals surface area contributed by atoms with Crippen molar-refractivity contribution in [1.29, 1.82) is 5.26 Å². The number of allylic oxidation sites excluding steroid dienone is 1. The van der Waals surface area contributed by atoms with E-state index in [0.717, 1.165) is 54.3 Å². The highest BCUT2D eigenvalue weighted by atomic mass is 16.5. The van der Waals surface area contributed by atoms with Crippen molar-refractivity contribution in [3.8, 4) is 17.7 Å². The molecule has 1 saturated heterocycles. The van der Waals surface area contributed by atoms with Crippen molar-refractivity contribution in [2.75, 3.05) is 36.4 Å². The molecule has 0 bridgehead atoms. The van der Waals surface area contributed by atoms with Crippen LogP contribution in [0.3, 0.4) is 0 Å². The number of nitrogens with one attached hydrogen (secondary N) is 2. The number of anilines is 3. The fourth-order valence-electron chi connectivity index (χ4n) is 3.75. The zero-order chi connectivity index (χ0) is 22.3. The van der Waals surface area contributed by atoms with Gasteiger partial charge in [0.2, 0.25) is 11.8 Å². The van der Waals surface area contributed by atoms with E-state index in [1.54, 1.807) is 18.3 Å². The molecule has 0 amide bonds. The number of aromatic nitrogens is 2. The van der Waals surface area contributed by atoms with Gasteiger partial charge in [0.1, 0.15) is 5.75 Å². The number of ether oxygens (including phenoxy) is 1. The summed E-state index contributed by atoms with van der Waals surface area (Å²) in [5.74, 6) is 1.69. The Morgan fingerprint density at radius 1 is 1.09 bits per heavy atom. The Labute approximate surface area is 188 Å². The van der Waals surface area contributed by atoms with Gasteiger partial charge in [-0.2, -0.15) is 10.2 Å². The number of nitrogens with zero attached hydrogens (tertiary/aromatic N) is 4. The van der Waals surface area contributed by atoms with Crippen LogP contribution < -0.4 is 20.3 Å². The monoisotopic (exact) mass is 426 g/mol. The molecule has 1 aromatic heterocycles. The maximum absolute atomic E-state index is 8.73. The van der Waals surface area contributed by atoms with Crippen molar-refractivity contribution in [2.24, 2.45) is 0 Å². The maximum atomic E-state index is 8.73. The quantitative estimate of drug-likeness (QED) is 0.558. The second-order valence-electron chi connectivity index (χ2n) is 7.68. The Bertz CT molecular complexity index is 1120. The van der Waals surface area contributed by atoms with Crippen LogP contribution in [-0.4, -0.2) is 36.1 Å². The van der Waals surface area contributed by atoms with Gasteiger partial charge in [-0.3, -0.25) is 0 Å². The fraction of sp³-hybridized carbons (Fsp3) is 0.240. The molecule has 0 aliphatic carbocycles. The van der Waals surface area contributed by atoms with Gasteiger partial charge in [-0.15, -0.1) is 0 Å². The van der Waals surface area contributed by atoms with Crippen LogP contribution >= 0.6 is 0 Å². The van der Waals surface area contributed by atoms with Crippen LogP contribution in [0.1, 0.15) is 16.7 Å². The third-order valence-electron chi connectivity index (χ3n) is 5.28. The summed E-state index contributed by atoms with van der Waals surface area (Å²) in [7, 11) is 0. The maximum Gasteiger partial charge on any atom is 0.230 e. The SMILES string of the molecule is Cc1cc(/C=C/C#N)cc(C)c1Oc1ccnc(Nc2ccc(N3CCNCC3)cc2)n1. The average Bonchev–Trinajstić information content (AvgIpc) is 2.81. The van der Waals surface area contributed by atoms with Crippen molar-refractivity contribution >= 4 is 23.4 Å². The van der Waals surface area contributed by atoms with Crippen molar-refractivity contribution in [1.82, 2.24) is 15.3 Å². The Kier molecular flexibility index (Phi) is 6.63. The average molecular weight is 427 g/mol. The summed E-state index contributed by atoms with van der Waals surface area (Å²) in [6.07, 6.45) is 4.92. The van der Waals surface area contributed by atoms with Crippen molar-refractivity contribution < 1.29 is 4.74 Å². The zero-order valence-electron chi connectivity index (χ0n) is 18.3. The molecule has 162 valence electrons. The number of hydrogen-bond acceptors (Lipinski definition) is 7. The van der Waals surface area contributed by atoms with Gasteiger partial charge in [-0.1, -0.05) is 0 Å². The smallest absolute Gasteiger partial charge is 0.230 e. The van der Waals surface area contributed by atoms with Crippen molar-refractivity contribution in [3.63, 3.8) is 0 Å². The van der Waals surface area contributed by atoms with E-state index in [1.807, 2.05) is 44.2 Å². The second kappa shape index (κ2) is 9.94. The standard InChI is InChI=1S/C25H26N6O/c1-18-16-20(4-3-10-26)17-19(2)24(18)32-23-9-11-28-25(30-23)29-21-5-7-22(8-6-21)31-14-12-27-13-15-31/h3-9,11,16-17,27H,12-15H2,1-2H3,(H,28,29,30)/b4-3+. The van der Waals surface area contributed by atoms with Crippen LogP contribution in [0.2, 0.25) is 0 Å². The van der Waals surface area contributed by atoms with E-state index in [0.29, 0.717) is 11.8 Å². The molecule has 1 aliphatic heterocycles. The van der Waals surface area contributed by atoms with Gasteiger partial charge in [0.05, 0.1) is 6.07 Å². The van der Waals surface area contributed by atoms with Crippen LogP contribution in [0, 0.1) is 25.2 Å². The highest BCUT2D eigenvalue weighted by Crippen LogP contribution is 2.30. The third-order valence-corrected chi connectivity index (χ3v) is 5.28. The summed E-state index contributed by atoms with van der Waals surface area (Å²) in [6, 6.07) is 16.0. The normalized spacial score (nSPS) is 13.7. The molecule has 0 atom stereocenters. The first-order valence-electron chi connectivity index (χ1n) is 10.6. The van der Waals surface area contributed by atoms with E-state index in [9.17, 15) is 0 Å². The lowest BCUT2D eigenvalue weighted by atomic mass is 10.1. The summed E-state index contributed by atoms with van der Waals surface area (Å²) >= 11 is 0. The Balaban J connectivity index is 1.46. The molecule has 2 N–H and O–H groups in total. The van der Waals surface area contributed by atoms with Gasteiger partial charge in [-0.25, -0.2) is 4.98 Å². The minimum atomic E-state index is 0.464. The molecule has 3 aromatic rings. The van der Waals surface area contributed by atoms with E-state index >= 15 is 0 Å². The molecular formula is C25H26N6O. The van der Waals surface area contributed by atoms with Crippen LogP contribution in [0.25, 0.3) is 6.08 Å². The van der Waals surface area contributed by atoms with E-state index in [4.69, 9.17) is 10.00 Å². The molecule has 0 unspecified atom stereocenters. The Morgan fingerprint density at radius 3 is 2.50 bits per heavy atom. The first kappa shape index (κ1) is 21.3. The number of piperazine rings is 1. The summed E-state index contributed by atoms with van der Waals surface area (Å²) in [6.45, 7) is 8.02. The minimum absolute atomic E-state index is 0.464. The summed E-state index contributed by atoms with van der Waals surface area (Å²) in [5, 5.41) is 15.4. The zero-order valence-corrected chi connectivity index (χ0v) is 18.3. The molecule has 0 saturated carbocycles. The molecule has 1 aliphatic rings. The number of hydrogen-bond donors (Lipinski definition) is 2. The van der Waals surface area contributed by atoms with E-state index in [2.05, 4.69) is 37.6 Å². The lowest BCUT2D eigenvalue weighted by Gasteiger charge is -2.29. The topological polar surface area (TPSA) is 86.1 Å². The molecule has 7 heteroatoms. The molecule has 2 heterocycles. The molecule has 4 rings (SSSR count). The number of rotatable bonds is 6. The lowest BCUT2D eigenvalue weighted by molar-refractivity contribution is 0.455. The summed E-state index contributed by atoms with van der Waals surface area (Å²) in [4.78, 5) is 11.2. The predicted molar refractivity (Wildman–Crippen MR) is 127 cm³/mol. The van der Waals surface area contributed by atoms with Gasteiger partial charge >= 0.3 is 0 Å². The van der Waals surface area contributed by atoms with Gasteiger partial charge in [-0.05, 0) is 73.0 Å². The van der Waals surface area contributed by atoms with Crippen LogP contribution in [0.5, 0.6) is 11.6 Å². The number of benzene rings is 2. The third kappa shape index (κ3) is 5.23. The molecule has 0 radical (unpaired) electrons. The van der Waals surface area contributed by atoms with Crippen molar-refractivity contribution in [3.05, 3.63) is 71.4 Å². The Morgan fingerprint density at radius 2 is 1.81 bits per heavy atom. The van der Waals surface area contributed by atoms with E-state index in [-0.39, 0.29) is 0 Å². The second-order valence-corrected chi connectivity index (χ2v) is 7.68. The first-order chi connectivity index (χ1) is 15.6. The molecule has 7 nitrogen and oxygen atoms in total. The molecule has 0 spiro atoms. The summed E-state index contributed by atoms with van der Waals surface area (Å²) in [5.41, 5.74) is 5.04. The van der Waals surface area contributed by atoms with Crippen LogP contribution in [-0.2, 0) is 0 Å². The van der Waals surface area contributed by atoms with Crippen LogP contribution in [0.15, 0.2) is 54.7 Å². The summed E-state index contributed by atoms with van der Waals surface area (Å²) < 4.78 is 6.08. The number of nitriles is 1. The van der Waals surface area contributed by atoms with Crippen LogP contribution in [0.4, 0.5) is 17.3 Å². The van der Waals surface area contributed by atoms with Gasteiger partial charge < -0.3 is 20.3 Å². The number of aryl methyl sites for hydroxylation is 2. The molecule has 32 heavy (non-hydrogen) atoms. The predicted octanol–water partition coefficient (Wildman–Crippen LogP) is 4.58. The van der Waals surface area contributed by atoms with Gasteiger partial charge in [0.15, 0.2) is 0 Å². The lowest BCUT2D eigenvalue weighted by Crippen LogP contribution is -2.43. The molecule has 1 fully saturated rings. The van der Waals surface area contributed by atoms with Gasteiger partial charge in [0.25, 0.3) is 0 Å². The van der Waals surface area contributed by atoms with Gasteiger partial charge in [0, 0.05) is 55.9 Å². The molecular weight excluding hydrogens is 400 g/mol. The van der Waals surface area contributed by atoms with Crippen molar-refractivity contribution in [2.45, 2.75) is 13.8 Å².